The number of rotatable bonds is 1. The Bertz CT molecular complexity index is 931. The lowest BCUT2D eigenvalue weighted by molar-refractivity contribution is 0.636. The fourth-order valence-corrected chi connectivity index (χ4v) is 2.23. The minimum atomic E-state index is -0.379. The average molecular weight is 265 g/mol. The number of para-hydroxylation sites is 2. The molecule has 2 aromatic carbocycles. The second kappa shape index (κ2) is 4.06. The van der Waals surface area contributed by atoms with Crippen molar-refractivity contribution in [2.45, 2.75) is 0 Å². The van der Waals surface area contributed by atoms with Crippen LogP contribution in [0.4, 0.5) is 4.39 Å². The molecule has 5 nitrogen and oxygen atoms in total. The summed E-state index contributed by atoms with van der Waals surface area (Å²) in [5, 5.41) is 8.78. The molecule has 0 aliphatic carbocycles. The summed E-state index contributed by atoms with van der Waals surface area (Å²) in [4.78, 5) is 8.21. The van der Waals surface area contributed by atoms with Gasteiger partial charge in [0, 0.05) is 5.39 Å². The molecule has 0 bridgehead atoms. The van der Waals surface area contributed by atoms with Crippen molar-refractivity contribution in [2.75, 3.05) is 0 Å². The lowest BCUT2D eigenvalue weighted by Gasteiger charge is -2.05. The van der Waals surface area contributed by atoms with Crippen LogP contribution in [0.15, 0.2) is 48.8 Å². The second-order valence-corrected chi connectivity index (χ2v) is 4.32. The molecule has 20 heavy (non-hydrogen) atoms. The molecule has 0 aliphatic rings. The molecule has 0 saturated carbocycles. The van der Waals surface area contributed by atoms with Crippen molar-refractivity contribution in [3.05, 3.63) is 54.6 Å². The van der Waals surface area contributed by atoms with E-state index in [4.69, 9.17) is 0 Å². The van der Waals surface area contributed by atoms with Gasteiger partial charge in [-0.1, -0.05) is 23.4 Å². The molecular formula is C14H8FN5. The van der Waals surface area contributed by atoms with E-state index < -0.39 is 0 Å². The van der Waals surface area contributed by atoms with Crippen LogP contribution < -0.4 is 0 Å². The van der Waals surface area contributed by atoms with Crippen LogP contribution in [0.3, 0.4) is 0 Å². The number of halogens is 1. The lowest BCUT2D eigenvalue weighted by atomic mass is 10.2. The Morgan fingerprint density at radius 2 is 1.85 bits per heavy atom. The third kappa shape index (κ3) is 1.48. The van der Waals surface area contributed by atoms with Crippen LogP contribution >= 0.6 is 0 Å². The molecule has 2 aromatic heterocycles. The third-order valence-electron chi connectivity index (χ3n) is 3.15. The van der Waals surface area contributed by atoms with E-state index in [0.29, 0.717) is 11.2 Å². The van der Waals surface area contributed by atoms with E-state index in [0.717, 1.165) is 11.0 Å². The van der Waals surface area contributed by atoms with Gasteiger partial charge in [-0.25, -0.2) is 14.4 Å². The Morgan fingerprint density at radius 1 is 0.950 bits per heavy atom. The van der Waals surface area contributed by atoms with E-state index in [1.165, 1.54) is 12.4 Å². The lowest BCUT2D eigenvalue weighted by Crippen LogP contribution is -2.02. The molecule has 6 heteroatoms. The highest BCUT2D eigenvalue weighted by Gasteiger charge is 2.12. The first-order valence-electron chi connectivity index (χ1n) is 6.04. The smallest absolute Gasteiger partial charge is 0.167 e. The summed E-state index contributed by atoms with van der Waals surface area (Å²) in [6.45, 7) is 0. The van der Waals surface area contributed by atoms with Gasteiger partial charge in [-0.3, -0.25) is 0 Å². The Morgan fingerprint density at radius 3 is 2.80 bits per heavy atom. The summed E-state index contributed by atoms with van der Waals surface area (Å²) in [7, 11) is 0. The van der Waals surface area contributed by atoms with Gasteiger partial charge in [0.2, 0.25) is 0 Å². The molecule has 0 atom stereocenters. The van der Waals surface area contributed by atoms with E-state index in [9.17, 15) is 4.39 Å². The van der Waals surface area contributed by atoms with Gasteiger partial charge in [0.05, 0.1) is 5.52 Å². The molecule has 0 aliphatic heterocycles. The van der Waals surface area contributed by atoms with Crippen molar-refractivity contribution in [2.24, 2.45) is 0 Å². The summed E-state index contributed by atoms with van der Waals surface area (Å²) < 4.78 is 15.4. The molecule has 4 aromatic rings. The van der Waals surface area contributed by atoms with Crippen LogP contribution in [0.5, 0.6) is 0 Å². The van der Waals surface area contributed by atoms with E-state index in [1.807, 2.05) is 24.3 Å². The van der Waals surface area contributed by atoms with Gasteiger partial charge in [-0.2, -0.15) is 4.68 Å². The van der Waals surface area contributed by atoms with Gasteiger partial charge in [0.15, 0.2) is 5.82 Å². The van der Waals surface area contributed by atoms with Crippen molar-refractivity contribution in [1.29, 1.82) is 0 Å². The SMILES string of the molecule is Fc1cccc2c(-n3nnc4ccccc43)ncnc12. The Hall–Kier alpha value is -2.89. The summed E-state index contributed by atoms with van der Waals surface area (Å²) in [6, 6.07) is 12.3. The third-order valence-corrected chi connectivity index (χ3v) is 3.15. The van der Waals surface area contributed by atoms with Crippen molar-refractivity contribution in [3.63, 3.8) is 0 Å². The maximum atomic E-state index is 13.8. The quantitative estimate of drug-likeness (QED) is 0.530. The van der Waals surface area contributed by atoms with Gasteiger partial charge in [0.1, 0.15) is 23.2 Å². The van der Waals surface area contributed by atoms with E-state index in [2.05, 4.69) is 20.3 Å². The molecule has 2 heterocycles. The highest BCUT2D eigenvalue weighted by atomic mass is 19.1. The summed E-state index contributed by atoms with van der Waals surface area (Å²) in [5.74, 6) is 0.138. The van der Waals surface area contributed by atoms with Crippen LogP contribution in [-0.2, 0) is 0 Å². The van der Waals surface area contributed by atoms with Gasteiger partial charge in [-0.15, -0.1) is 5.10 Å². The second-order valence-electron chi connectivity index (χ2n) is 4.32. The highest BCUT2D eigenvalue weighted by molar-refractivity contribution is 5.87. The fraction of sp³-hybridized carbons (Fsp3) is 0. The van der Waals surface area contributed by atoms with Crippen LogP contribution in [0, 0.1) is 5.82 Å². The van der Waals surface area contributed by atoms with Gasteiger partial charge in [0.25, 0.3) is 0 Å². The largest absolute Gasteiger partial charge is 0.233 e. The monoisotopic (exact) mass is 265 g/mol. The van der Waals surface area contributed by atoms with E-state index >= 15 is 0 Å². The molecule has 0 radical (unpaired) electrons. The van der Waals surface area contributed by atoms with Gasteiger partial charge >= 0.3 is 0 Å². The zero-order chi connectivity index (χ0) is 13.5. The first-order valence-corrected chi connectivity index (χ1v) is 6.04. The number of fused-ring (bicyclic) bond motifs is 2. The van der Waals surface area contributed by atoms with Crippen molar-refractivity contribution >= 4 is 21.9 Å². The molecule has 0 spiro atoms. The number of aromatic nitrogens is 5. The number of hydrogen-bond acceptors (Lipinski definition) is 4. The topological polar surface area (TPSA) is 56.5 Å². The predicted octanol–water partition coefficient (Wildman–Crippen LogP) is 2.50. The molecule has 96 valence electrons. The molecule has 4 rings (SSSR count). The van der Waals surface area contributed by atoms with Crippen LogP contribution in [0.1, 0.15) is 0 Å². The highest BCUT2D eigenvalue weighted by Crippen LogP contribution is 2.22. The normalized spacial score (nSPS) is 11.2. The first-order chi connectivity index (χ1) is 9.84. The van der Waals surface area contributed by atoms with Gasteiger partial charge in [-0.05, 0) is 24.3 Å². The maximum absolute atomic E-state index is 13.8. The van der Waals surface area contributed by atoms with Crippen LogP contribution in [0.25, 0.3) is 27.8 Å². The minimum Gasteiger partial charge on any atom is -0.233 e. The Kier molecular flexibility index (Phi) is 2.23. The fourth-order valence-electron chi connectivity index (χ4n) is 2.23. The van der Waals surface area contributed by atoms with E-state index in [-0.39, 0.29) is 11.3 Å². The maximum Gasteiger partial charge on any atom is 0.167 e. The first kappa shape index (κ1) is 11.0. The number of nitrogens with zero attached hydrogens (tertiary/aromatic N) is 5. The molecule has 0 fully saturated rings. The van der Waals surface area contributed by atoms with Gasteiger partial charge < -0.3 is 0 Å². The summed E-state index contributed by atoms with van der Waals surface area (Å²) >= 11 is 0. The average Bonchev–Trinajstić information content (AvgIpc) is 2.91. The van der Waals surface area contributed by atoms with Crippen molar-refractivity contribution in [3.8, 4) is 5.82 Å². The zero-order valence-electron chi connectivity index (χ0n) is 10.2. The molecule has 0 unspecified atom stereocenters. The zero-order valence-corrected chi connectivity index (χ0v) is 10.2. The Labute approximate surface area is 112 Å². The minimum absolute atomic E-state index is 0.275. The predicted molar refractivity (Wildman–Crippen MR) is 71.9 cm³/mol. The summed E-state index contributed by atoms with van der Waals surface area (Å²) in [5.41, 5.74) is 1.85. The standard InChI is InChI=1S/C14H8FN5/c15-10-5-3-4-9-13(10)16-8-17-14(9)20-12-7-2-1-6-11(12)18-19-20/h1-8H. The molecule has 0 amide bonds. The summed E-state index contributed by atoms with van der Waals surface area (Å²) in [6.07, 6.45) is 1.33. The molecule has 0 saturated heterocycles. The Balaban J connectivity index is 2.10. The van der Waals surface area contributed by atoms with E-state index in [1.54, 1.807) is 16.8 Å². The van der Waals surface area contributed by atoms with Crippen LogP contribution in [0.2, 0.25) is 0 Å². The van der Waals surface area contributed by atoms with Crippen molar-refractivity contribution in [1.82, 2.24) is 25.0 Å². The number of benzene rings is 2. The van der Waals surface area contributed by atoms with Crippen LogP contribution in [-0.4, -0.2) is 25.0 Å². The number of hydrogen-bond donors (Lipinski definition) is 0. The van der Waals surface area contributed by atoms with Crippen molar-refractivity contribution < 1.29 is 4.39 Å². The molecular weight excluding hydrogens is 257 g/mol. The molecule has 0 N–H and O–H groups in total.